The molecule has 0 spiro atoms. The van der Waals surface area contributed by atoms with Crippen molar-refractivity contribution in [1.82, 2.24) is 24.6 Å². The molecule has 5 rings (SSSR count). The van der Waals surface area contributed by atoms with Crippen LogP contribution in [-0.2, 0) is 4.79 Å². The number of H-pyrrole nitrogens is 1. The first-order valence-electron chi connectivity index (χ1n) is 10.3. The maximum Gasteiger partial charge on any atom is 0.228 e. The molecule has 1 fully saturated rings. The van der Waals surface area contributed by atoms with E-state index in [1.54, 1.807) is 13.3 Å². The minimum absolute atomic E-state index is 0.0936. The third-order valence-corrected chi connectivity index (χ3v) is 6.63. The Morgan fingerprint density at radius 2 is 2.19 bits per heavy atom. The van der Waals surface area contributed by atoms with Gasteiger partial charge in [-0.25, -0.2) is 4.52 Å². The van der Waals surface area contributed by atoms with Crippen molar-refractivity contribution in [2.24, 2.45) is 17.1 Å². The molecule has 1 unspecified atom stereocenters. The standard InChI is InChI=1S/C22H25N7O2/c1-12(18(23)30)22(2)9-14(10-22)26-21-27-19-17(20(28-21)31-3)16(11-24-19)13-5-7-29-15(8-13)4-6-25-29/h4-8,11-12,14H,9-10H2,1-3H3,(H2,23,30)(H2,24,26,27,28). The second-order valence-corrected chi connectivity index (χ2v) is 8.63. The summed E-state index contributed by atoms with van der Waals surface area (Å²) in [5, 5.41) is 8.46. The number of rotatable bonds is 6. The van der Waals surface area contributed by atoms with E-state index in [9.17, 15) is 4.79 Å². The molecule has 0 aromatic carbocycles. The summed E-state index contributed by atoms with van der Waals surface area (Å²) in [7, 11) is 1.61. The molecule has 1 aliphatic rings. The molecule has 1 aliphatic carbocycles. The fourth-order valence-electron chi connectivity index (χ4n) is 4.58. The van der Waals surface area contributed by atoms with Crippen molar-refractivity contribution in [3.05, 3.63) is 36.8 Å². The first-order chi connectivity index (χ1) is 14.9. The van der Waals surface area contributed by atoms with Gasteiger partial charge in [-0.05, 0) is 42.0 Å². The third-order valence-electron chi connectivity index (χ3n) is 6.63. The van der Waals surface area contributed by atoms with E-state index in [-0.39, 0.29) is 23.3 Å². The number of methoxy groups -OCH3 is 1. The zero-order valence-electron chi connectivity index (χ0n) is 17.7. The number of hydrogen-bond acceptors (Lipinski definition) is 6. The van der Waals surface area contributed by atoms with Crippen LogP contribution in [-0.4, -0.2) is 43.6 Å². The molecule has 1 atom stereocenters. The highest BCUT2D eigenvalue weighted by Gasteiger charge is 2.46. The second kappa shape index (κ2) is 6.97. The monoisotopic (exact) mass is 419 g/mol. The number of carbonyl (C=O) groups excluding carboxylic acids is 1. The number of pyridine rings is 1. The molecule has 0 saturated heterocycles. The summed E-state index contributed by atoms with van der Waals surface area (Å²) in [6.07, 6.45) is 7.28. The number of primary amides is 1. The molecule has 4 aromatic heterocycles. The number of ether oxygens (including phenoxy) is 1. The Kier molecular flexibility index (Phi) is 4.35. The summed E-state index contributed by atoms with van der Waals surface area (Å²) in [6.45, 7) is 3.99. The molecule has 31 heavy (non-hydrogen) atoms. The molecule has 9 heteroatoms. The summed E-state index contributed by atoms with van der Waals surface area (Å²) >= 11 is 0. The molecule has 4 N–H and O–H groups in total. The van der Waals surface area contributed by atoms with Crippen molar-refractivity contribution in [3.8, 4) is 17.0 Å². The van der Waals surface area contributed by atoms with Crippen molar-refractivity contribution < 1.29 is 9.53 Å². The number of nitrogens with one attached hydrogen (secondary N) is 2. The van der Waals surface area contributed by atoms with E-state index >= 15 is 0 Å². The van der Waals surface area contributed by atoms with E-state index in [1.807, 2.05) is 36.0 Å². The highest BCUT2D eigenvalue weighted by atomic mass is 16.5. The van der Waals surface area contributed by atoms with Crippen molar-refractivity contribution >= 4 is 28.4 Å². The summed E-state index contributed by atoms with van der Waals surface area (Å²) in [5.74, 6) is 0.586. The lowest BCUT2D eigenvalue weighted by molar-refractivity contribution is -0.127. The number of carbonyl (C=O) groups is 1. The van der Waals surface area contributed by atoms with Crippen LogP contribution in [0.1, 0.15) is 26.7 Å². The van der Waals surface area contributed by atoms with Crippen LogP contribution in [0.5, 0.6) is 5.88 Å². The smallest absolute Gasteiger partial charge is 0.228 e. The summed E-state index contributed by atoms with van der Waals surface area (Å²) < 4.78 is 7.43. The first kappa shape index (κ1) is 19.3. The molecule has 9 nitrogen and oxygen atoms in total. The van der Waals surface area contributed by atoms with Gasteiger partial charge in [0.15, 0.2) is 0 Å². The van der Waals surface area contributed by atoms with Crippen LogP contribution in [0, 0.1) is 11.3 Å². The van der Waals surface area contributed by atoms with Gasteiger partial charge in [-0.2, -0.15) is 15.1 Å². The van der Waals surface area contributed by atoms with E-state index < -0.39 is 0 Å². The molecule has 1 amide bonds. The topological polar surface area (TPSA) is 123 Å². The van der Waals surface area contributed by atoms with E-state index in [1.165, 1.54) is 0 Å². The van der Waals surface area contributed by atoms with Gasteiger partial charge in [-0.15, -0.1) is 0 Å². The molecule has 4 heterocycles. The minimum atomic E-state index is -0.256. The number of fused-ring (bicyclic) bond motifs is 2. The molecular formula is C22H25N7O2. The van der Waals surface area contributed by atoms with Crippen LogP contribution in [0.25, 0.3) is 27.7 Å². The molecule has 4 aromatic rings. The van der Waals surface area contributed by atoms with Gasteiger partial charge in [0.05, 0.1) is 18.0 Å². The van der Waals surface area contributed by atoms with Crippen LogP contribution in [0.3, 0.4) is 0 Å². The van der Waals surface area contributed by atoms with Crippen molar-refractivity contribution in [2.45, 2.75) is 32.7 Å². The Labute approximate surface area is 179 Å². The fourth-order valence-corrected chi connectivity index (χ4v) is 4.58. The predicted molar refractivity (Wildman–Crippen MR) is 118 cm³/mol. The first-order valence-corrected chi connectivity index (χ1v) is 10.3. The molecule has 160 valence electrons. The van der Waals surface area contributed by atoms with Crippen molar-refractivity contribution in [3.63, 3.8) is 0 Å². The van der Waals surface area contributed by atoms with Gasteiger partial charge in [0.25, 0.3) is 0 Å². The Hall–Kier alpha value is -3.62. The summed E-state index contributed by atoms with van der Waals surface area (Å²) in [5.41, 5.74) is 9.10. The van der Waals surface area contributed by atoms with Gasteiger partial charge in [-0.3, -0.25) is 4.79 Å². The van der Waals surface area contributed by atoms with Crippen LogP contribution >= 0.6 is 0 Å². The molecule has 1 saturated carbocycles. The highest BCUT2D eigenvalue weighted by molar-refractivity contribution is 5.98. The predicted octanol–water partition coefficient (Wildman–Crippen LogP) is 2.98. The quantitative estimate of drug-likeness (QED) is 0.441. The van der Waals surface area contributed by atoms with Gasteiger partial charge in [0.2, 0.25) is 17.7 Å². The molecule has 0 radical (unpaired) electrons. The second-order valence-electron chi connectivity index (χ2n) is 8.63. The van der Waals surface area contributed by atoms with Crippen LogP contribution < -0.4 is 15.8 Å². The Bertz CT molecular complexity index is 1290. The van der Waals surface area contributed by atoms with E-state index in [0.717, 1.165) is 34.9 Å². The average molecular weight is 419 g/mol. The number of hydrogen-bond donors (Lipinski definition) is 3. The third kappa shape index (κ3) is 3.17. The molecule has 0 aliphatic heterocycles. The zero-order chi connectivity index (χ0) is 21.8. The lowest BCUT2D eigenvalue weighted by atomic mass is 9.60. The zero-order valence-corrected chi connectivity index (χ0v) is 17.7. The van der Waals surface area contributed by atoms with Crippen LogP contribution in [0.15, 0.2) is 36.8 Å². The lowest BCUT2D eigenvalue weighted by Crippen LogP contribution is -2.50. The Morgan fingerprint density at radius 3 is 2.94 bits per heavy atom. The maximum absolute atomic E-state index is 11.6. The Morgan fingerprint density at radius 1 is 1.39 bits per heavy atom. The number of nitrogens with zero attached hydrogens (tertiary/aromatic N) is 4. The fraction of sp³-hybridized carbons (Fsp3) is 0.364. The van der Waals surface area contributed by atoms with E-state index in [2.05, 4.69) is 38.4 Å². The van der Waals surface area contributed by atoms with Crippen molar-refractivity contribution in [2.75, 3.05) is 12.4 Å². The maximum atomic E-state index is 11.6. The highest BCUT2D eigenvalue weighted by Crippen LogP contribution is 2.47. The van der Waals surface area contributed by atoms with Gasteiger partial charge < -0.3 is 20.8 Å². The largest absolute Gasteiger partial charge is 0.480 e. The number of aromatic amines is 1. The normalized spacial score (nSPS) is 21.7. The van der Waals surface area contributed by atoms with Crippen LogP contribution in [0.4, 0.5) is 5.95 Å². The molecule has 0 bridgehead atoms. The van der Waals surface area contributed by atoms with Gasteiger partial charge in [-0.1, -0.05) is 13.8 Å². The van der Waals surface area contributed by atoms with Gasteiger partial charge >= 0.3 is 0 Å². The van der Waals surface area contributed by atoms with E-state index in [0.29, 0.717) is 17.5 Å². The van der Waals surface area contributed by atoms with Crippen molar-refractivity contribution in [1.29, 1.82) is 0 Å². The van der Waals surface area contributed by atoms with Gasteiger partial charge in [0, 0.05) is 36.1 Å². The lowest BCUT2D eigenvalue weighted by Gasteiger charge is -2.48. The van der Waals surface area contributed by atoms with Crippen LogP contribution in [0.2, 0.25) is 0 Å². The molecular weight excluding hydrogens is 394 g/mol. The summed E-state index contributed by atoms with van der Waals surface area (Å²) in [6, 6.07) is 6.21. The number of aromatic nitrogens is 5. The number of nitrogens with two attached hydrogens (primary N) is 1. The van der Waals surface area contributed by atoms with Gasteiger partial charge in [0.1, 0.15) is 5.65 Å². The SMILES string of the molecule is COc1nc(NC2CC(C)(C(C)C(N)=O)C2)nc2[nH]cc(-c3ccn4nccc4c3)c12. The van der Waals surface area contributed by atoms with E-state index in [4.69, 9.17) is 10.5 Å². The number of anilines is 1. The summed E-state index contributed by atoms with van der Waals surface area (Å²) in [4.78, 5) is 24.1. The minimum Gasteiger partial charge on any atom is -0.480 e. The number of amides is 1. The Balaban J connectivity index is 1.43. The average Bonchev–Trinajstić information content (AvgIpc) is 3.37.